The fourth-order valence-electron chi connectivity index (χ4n) is 2.85. The standard InChI is InChI=1S/C21H22F3NO4S/c1-4-12(2)30-14-5-6-16(15(11-14)21(22,23)24)25-20(26)13-9-17(27-3)19-18(10-13)28-7-8-29-19/h5-6,9-12H,4,7-8H2,1-3H3,(H,25,26). The monoisotopic (exact) mass is 441 g/mol. The molecule has 0 saturated heterocycles. The summed E-state index contributed by atoms with van der Waals surface area (Å²) in [6.07, 6.45) is -3.78. The quantitative estimate of drug-likeness (QED) is 0.589. The van der Waals surface area contributed by atoms with Gasteiger partial charge in [0.05, 0.1) is 18.4 Å². The van der Waals surface area contributed by atoms with Crippen molar-refractivity contribution >= 4 is 23.4 Å². The number of alkyl halides is 3. The topological polar surface area (TPSA) is 56.8 Å². The van der Waals surface area contributed by atoms with Crippen LogP contribution >= 0.6 is 11.8 Å². The highest BCUT2D eigenvalue weighted by Gasteiger charge is 2.34. The Balaban J connectivity index is 1.91. The van der Waals surface area contributed by atoms with Crippen LogP contribution in [0, 0.1) is 0 Å². The number of hydrogen-bond acceptors (Lipinski definition) is 5. The van der Waals surface area contributed by atoms with Crippen molar-refractivity contribution in [3.8, 4) is 17.2 Å². The number of carbonyl (C=O) groups is 1. The molecule has 162 valence electrons. The Hall–Kier alpha value is -2.55. The molecule has 2 aromatic carbocycles. The van der Waals surface area contributed by atoms with Crippen LogP contribution in [0.3, 0.4) is 0 Å². The van der Waals surface area contributed by atoms with E-state index in [1.165, 1.54) is 37.1 Å². The largest absolute Gasteiger partial charge is 0.493 e. The predicted octanol–water partition coefficient (Wildman–Crippen LogP) is 5.63. The molecule has 9 heteroatoms. The minimum Gasteiger partial charge on any atom is -0.493 e. The number of anilines is 1. The van der Waals surface area contributed by atoms with Gasteiger partial charge in [0.2, 0.25) is 5.75 Å². The zero-order valence-electron chi connectivity index (χ0n) is 16.8. The van der Waals surface area contributed by atoms with Gasteiger partial charge < -0.3 is 19.5 Å². The average Bonchev–Trinajstić information content (AvgIpc) is 2.72. The van der Waals surface area contributed by atoms with Gasteiger partial charge in [0.15, 0.2) is 11.5 Å². The molecule has 1 aliphatic rings. The van der Waals surface area contributed by atoms with Gasteiger partial charge in [0.25, 0.3) is 5.91 Å². The van der Waals surface area contributed by atoms with Crippen LogP contribution in [0.1, 0.15) is 36.2 Å². The highest BCUT2D eigenvalue weighted by atomic mass is 32.2. The van der Waals surface area contributed by atoms with E-state index in [0.717, 1.165) is 12.5 Å². The fourth-order valence-corrected chi connectivity index (χ4v) is 3.82. The van der Waals surface area contributed by atoms with Gasteiger partial charge in [0.1, 0.15) is 13.2 Å². The Morgan fingerprint density at radius 2 is 1.97 bits per heavy atom. The van der Waals surface area contributed by atoms with E-state index in [2.05, 4.69) is 5.32 Å². The lowest BCUT2D eigenvalue weighted by Gasteiger charge is -2.21. The molecule has 1 aliphatic heterocycles. The zero-order chi connectivity index (χ0) is 21.9. The molecule has 1 amide bonds. The van der Waals surface area contributed by atoms with Gasteiger partial charge in [-0.2, -0.15) is 13.2 Å². The number of fused-ring (bicyclic) bond motifs is 1. The van der Waals surface area contributed by atoms with Crippen molar-refractivity contribution in [1.29, 1.82) is 0 Å². The van der Waals surface area contributed by atoms with Crippen molar-refractivity contribution in [2.24, 2.45) is 0 Å². The van der Waals surface area contributed by atoms with Gasteiger partial charge in [-0.1, -0.05) is 13.8 Å². The molecule has 1 atom stereocenters. The lowest BCUT2D eigenvalue weighted by Crippen LogP contribution is -2.19. The van der Waals surface area contributed by atoms with Crippen molar-refractivity contribution in [3.63, 3.8) is 0 Å². The molecule has 1 heterocycles. The number of thioether (sulfide) groups is 1. The van der Waals surface area contributed by atoms with Crippen LogP contribution in [-0.4, -0.2) is 31.5 Å². The Labute approximate surface area is 176 Å². The highest BCUT2D eigenvalue weighted by Crippen LogP contribution is 2.41. The molecule has 0 saturated carbocycles. The molecule has 0 spiro atoms. The SMILES string of the molecule is CCC(C)Sc1ccc(NC(=O)c2cc(OC)c3c(c2)OCCO3)c(C(F)(F)F)c1. The predicted molar refractivity (Wildman–Crippen MR) is 109 cm³/mol. The Morgan fingerprint density at radius 1 is 1.23 bits per heavy atom. The smallest absolute Gasteiger partial charge is 0.418 e. The number of ether oxygens (including phenoxy) is 3. The van der Waals surface area contributed by atoms with Gasteiger partial charge in [-0.05, 0) is 36.8 Å². The maximum atomic E-state index is 13.6. The summed E-state index contributed by atoms with van der Waals surface area (Å²) in [5.74, 6) is 0.233. The van der Waals surface area contributed by atoms with Crippen LogP contribution in [0.5, 0.6) is 17.2 Å². The molecule has 0 radical (unpaired) electrons. The maximum absolute atomic E-state index is 13.6. The summed E-state index contributed by atoms with van der Waals surface area (Å²) in [7, 11) is 1.41. The second kappa shape index (κ2) is 9.07. The third-order valence-electron chi connectivity index (χ3n) is 4.55. The van der Waals surface area contributed by atoms with Gasteiger partial charge in [-0.15, -0.1) is 11.8 Å². The summed E-state index contributed by atoms with van der Waals surface area (Å²) in [5.41, 5.74) is -1.11. The van der Waals surface area contributed by atoms with Gasteiger partial charge >= 0.3 is 6.18 Å². The fraction of sp³-hybridized carbons (Fsp3) is 0.381. The second-order valence-corrected chi connectivity index (χ2v) is 8.21. The van der Waals surface area contributed by atoms with E-state index in [1.54, 1.807) is 6.07 Å². The van der Waals surface area contributed by atoms with Gasteiger partial charge in [0, 0.05) is 15.7 Å². The Bertz CT molecular complexity index is 916. The van der Waals surface area contributed by atoms with Crippen LogP contribution in [0.2, 0.25) is 0 Å². The summed E-state index contributed by atoms with van der Waals surface area (Å²) in [4.78, 5) is 13.2. The molecule has 0 aromatic heterocycles. The first-order valence-corrected chi connectivity index (χ1v) is 10.3. The number of amides is 1. The molecule has 0 aliphatic carbocycles. The minimum absolute atomic E-state index is 0.0993. The molecule has 1 unspecified atom stereocenters. The number of halogens is 3. The number of carbonyl (C=O) groups excluding carboxylic acids is 1. The van der Waals surface area contributed by atoms with E-state index in [-0.39, 0.29) is 22.3 Å². The number of nitrogens with one attached hydrogen (secondary N) is 1. The first kappa shape index (κ1) is 22.1. The normalized spacial score (nSPS) is 14.2. The van der Waals surface area contributed by atoms with Crippen LogP contribution in [0.4, 0.5) is 18.9 Å². The van der Waals surface area contributed by atoms with Crippen molar-refractivity contribution in [2.75, 3.05) is 25.6 Å². The first-order chi connectivity index (χ1) is 14.2. The van der Waals surface area contributed by atoms with Crippen LogP contribution in [0.25, 0.3) is 0 Å². The van der Waals surface area contributed by atoms with Gasteiger partial charge in [-0.25, -0.2) is 0 Å². The molecule has 5 nitrogen and oxygen atoms in total. The number of benzene rings is 2. The van der Waals surface area contributed by atoms with Crippen molar-refractivity contribution in [3.05, 3.63) is 41.5 Å². The number of hydrogen-bond donors (Lipinski definition) is 1. The van der Waals surface area contributed by atoms with Crippen LogP contribution in [0.15, 0.2) is 35.2 Å². The van der Waals surface area contributed by atoms with Crippen molar-refractivity contribution < 1.29 is 32.2 Å². The lowest BCUT2D eigenvalue weighted by molar-refractivity contribution is -0.137. The lowest BCUT2D eigenvalue weighted by atomic mass is 10.1. The zero-order valence-corrected chi connectivity index (χ0v) is 17.6. The summed E-state index contributed by atoms with van der Waals surface area (Å²) >= 11 is 1.36. The molecular weight excluding hydrogens is 419 g/mol. The van der Waals surface area contributed by atoms with E-state index in [1.807, 2.05) is 13.8 Å². The third-order valence-corrected chi connectivity index (χ3v) is 5.81. The average molecular weight is 441 g/mol. The maximum Gasteiger partial charge on any atom is 0.418 e. The van der Waals surface area contributed by atoms with Crippen LogP contribution < -0.4 is 19.5 Å². The highest BCUT2D eigenvalue weighted by molar-refractivity contribution is 7.99. The summed E-state index contributed by atoms with van der Waals surface area (Å²) in [6.45, 7) is 4.56. The summed E-state index contributed by atoms with van der Waals surface area (Å²) in [6, 6.07) is 6.75. The first-order valence-electron chi connectivity index (χ1n) is 9.39. The minimum atomic E-state index is -4.61. The van der Waals surface area contributed by atoms with E-state index in [4.69, 9.17) is 14.2 Å². The molecule has 2 aromatic rings. The molecule has 30 heavy (non-hydrogen) atoms. The Kier molecular flexibility index (Phi) is 6.70. The summed E-state index contributed by atoms with van der Waals surface area (Å²) in [5, 5.41) is 2.54. The summed E-state index contributed by atoms with van der Waals surface area (Å²) < 4.78 is 57.1. The molecular formula is C21H22F3NO4S. The van der Waals surface area contributed by atoms with E-state index < -0.39 is 17.6 Å². The Morgan fingerprint density at radius 3 is 2.63 bits per heavy atom. The molecule has 0 bridgehead atoms. The number of rotatable bonds is 6. The number of methoxy groups -OCH3 is 1. The van der Waals surface area contributed by atoms with Gasteiger partial charge in [-0.3, -0.25) is 4.79 Å². The van der Waals surface area contributed by atoms with Crippen molar-refractivity contribution in [1.82, 2.24) is 0 Å². The van der Waals surface area contributed by atoms with Crippen molar-refractivity contribution in [2.45, 2.75) is 36.6 Å². The second-order valence-electron chi connectivity index (χ2n) is 6.70. The van der Waals surface area contributed by atoms with Crippen LogP contribution in [-0.2, 0) is 6.18 Å². The molecule has 1 N–H and O–H groups in total. The van der Waals surface area contributed by atoms with E-state index in [9.17, 15) is 18.0 Å². The third kappa shape index (κ3) is 4.95. The van der Waals surface area contributed by atoms with E-state index in [0.29, 0.717) is 29.6 Å². The van der Waals surface area contributed by atoms with E-state index >= 15 is 0 Å². The molecule has 3 rings (SSSR count). The molecule has 0 fully saturated rings.